The highest BCUT2D eigenvalue weighted by molar-refractivity contribution is 5.84. The summed E-state index contributed by atoms with van der Waals surface area (Å²) in [5.74, 6) is -0.872. The molecule has 2 N–H and O–H groups in total. The van der Waals surface area contributed by atoms with E-state index < -0.39 is 11.5 Å². The van der Waals surface area contributed by atoms with Gasteiger partial charge in [-0.05, 0) is 36.8 Å². The fourth-order valence-electron chi connectivity index (χ4n) is 3.23. The molecule has 1 saturated carbocycles. The average Bonchev–Trinajstić information content (AvgIpc) is 3.28. The second-order valence-corrected chi connectivity index (χ2v) is 6.23. The largest absolute Gasteiger partial charge is 0.481 e. The van der Waals surface area contributed by atoms with Crippen LogP contribution in [0, 0.1) is 5.92 Å². The minimum absolute atomic E-state index is 0.0689. The van der Waals surface area contributed by atoms with Crippen molar-refractivity contribution in [3.05, 3.63) is 30.1 Å². The number of aromatic nitrogens is 1. The first kappa shape index (κ1) is 15.0. The lowest BCUT2D eigenvalue weighted by Gasteiger charge is -2.36. The summed E-state index contributed by atoms with van der Waals surface area (Å²) in [5, 5.41) is 12.1. The van der Waals surface area contributed by atoms with Gasteiger partial charge < -0.3 is 15.2 Å². The molecule has 0 bridgehead atoms. The van der Waals surface area contributed by atoms with Gasteiger partial charge in [-0.3, -0.25) is 14.6 Å². The van der Waals surface area contributed by atoms with Gasteiger partial charge in [0.1, 0.15) is 0 Å². The molecule has 1 aromatic heterocycles. The zero-order valence-electron chi connectivity index (χ0n) is 12.3. The van der Waals surface area contributed by atoms with E-state index in [1.807, 2.05) is 12.1 Å². The fraction of sp³-hybridized carbons (Fsp3) is 0.562. The van der Waals surface area contributed by atoms with Gasteiger partial charge in [0.2, 0.25) is 5.91 Å². The van der Waals surface area contributed by atoms with E-state index in [0.29, 0.717) is 13.0 Å². The van der Waals surface area contributed by atoms with Gasteiger partial charge in [0.25, 0.3) is 0 Å². The summed E-state index contributed by atoms with van der Waals surface area (Å²) < 4.78 is 5.41. The Bertz CT molecular complexity index is 555. The Morgan fingerprint density at radius 1 is 1.50 bits per heavy atom. The minimum atomic E-state index is -0.912. The first-order valence-corrected chi connectivity index (χ1v) is 7.61. The number of hydrogen-bond acceptors (Lipinski definition) is 4. The molecule has 0 spiro atoms. The van der Waals surface area contributed by atoms with Crippen LogP contribution in [0.2, 0.25) is 0 Å². The molecule has 0 radical (unpaired) electrons. The number of hydrogen-bond donors (Lipinski definition) is 2. The fourth-order valence-corrected chi connectivity index (χ4v) is 3.23. The molecule has 3 atom stereocenters. The van der Waals surface area contributed by atoms with Gasteiger partial charge in [-0.2, -0.15) is 0 Å². The first-order chi connectivity index (χ1) is 10.6. The first-order valence-electron chi connectivity index (χ1n) is 7.61. The number of carbonyl (C=O) groups is 2. The summed E-state index contributed by atoms with van der Waals surface area (Å²) in [6.07, 6.45) is 5.61. The molecular formula is C16H20N2O4. The van der Waals surface area contributed by atoms with Crippen molar-refractivity contribution < 1.29 is 19.4 Å². The van der Waals surface area contributed by atoms with E-state index in [1.165, 1.54) is 0 Å². The third-order valence-corrected chi connectivity index (χ3v) is 4.44. The maximum absolute atomic E-state index is 12.5. The normalized spacial score (nSPS) is 30.5. The lowest BCUT2D eigenvalue weighted by molar-refractivity contribution is -0.141. The summed E-state index contributed by atoms with van der Waals surface area (Å²) in [6.45, 7) is 0.897. The number of nitrogens with one attached hydrogen (secondary N) is 1. The van der Waals surface area contributed by atoms with Crippen LogP contribution in [-0.4, -0.2) is 40.7 Å². The summed E-state index contributed by atoms with van der Waals surface area (Å²) >= 11 is 0. The van der Waals surface area contributed by atoms with Crippen molar-refractivity contribution in [3.8, 4) is 0 Å². The van der Waals surface area contributed by atoms with Crippen molar-refractivity contribution in [1.29, 1.82) is 0 Å². The smallest absolute Gasteiger partial charge is 0.305 e. The zero-order valence-corrected chi connectivity index (χ0v) is 12.3. The third kappa shape index (κ3) is 3.27. The van der Waals surface area contributed by atoms with E-state index in [2.05, 4.69) is 10.3 Å². The van der Waals surface area contributed by atoms with Crippen LogP contribution in [-0.2, 0) is 14.3 Å². The number of amides is 1. The highest BCUT2D eigenvalue weighted by Crippen LogP contribution is 2.47. The van der Waals surface area contributed by atoms with Crippen LogP contribution in [0.3, 0.4) is 0 Å². The molecule has 6 heteroatoms. The highest BCUT2D eigenvalue weighted by Gasteiger charge is 2.47. The quantitative estimate of drug-likeness (QED) is 0.856. The molecule has 0 aromatic carbocycles. The molecular weight excluding hydrogens is 284 g/mol. The number of pyridine rings is 1. The molecule has 1 aliphatic heterocycles. The van der Waals surface area contributed by atoms with Crippen LogP contribution >= 0.6 is 0 Å². The topological polar surface area (TPSA) is 88.5 Å². The van der Waals surface area contributed by atoms with Crippen LogP contribution in [0.5, 0.6) is 0 Å². The lowest BCUT2D eigenvalue weighted by atomic mass is 9.88. The molecule has 2 heterocycles. The lowest BCUT2D eigenvalue weighted by Crippen LogP contribution is -2.55. The van der Waals surface area contributed by atoms with Crippen LogP contribution in [0.4, 0.5) is 0 Å². The maximum atomic E-state index is 12.5. The molecule has 22 heavy (non-hydrogen) atoms. The Morgan fingerprint density at radius 3 is 3.00 bits per heavy atom. The highest BCUT2D eigenvalue weighted by atomic mass is 16.5. The van der Waals surface area contributed by atoms with Crippen LogP contribution in [0.25, 0.3) is 0 Å². The zero-order chi connectivity index (χ0) is 15.6. The van der Waals surface area contributed by atoms with Gasteiger partial charge in [-0.25, -0.2) is 0 Å². The van der Waals surface area contributed by atoms with E-state index in [1.54, 1.807) is 12.4 Å². The molecule has 1 aromatic rings. The Hall–Kier alpha value is -1.95. The average molecular weight is 304 g/mol. The van der Waals surface area contributed by atoms with E-state index in [-0.39, 0.29) is 30.8 Å². The van der Waals surface area contributed by atoms with Crippen molar-refractivity contribution in [3.63, 3.8) is 0 Å². The number of aliphatic carboxylic acids is 1. The standard InChI is InChI=1S/C16H20N2O4/c19-14(20)8-16(4-2-6-22-10-16)18-15(21)13-7-12(13)11-3-1-5-17-9-11/h1,3,5,9,12-13H,2,4,6-8,10H2,(H,18,21)(H,19,20)/t12-,13+,16?/m0/s1. The van der Waals surface area contributed by atoms with E-state index in [0.717, 1.165) is 18.4 Å². The minimum Gasteiger partial charge on any atom is -0.481 e. The van der Waals surface area contributed by atoms with Crippen LogP contribution in [0.15, 0.2) is 24.5 Å². The van der Waals surface area contributed by atoms with Crippen molar-refractivity contribution in [1.82, 2.24) is 10.3 Å². The molecule has 2 fully saturated rings. The molecule has 1 amide bonds. The number of carbonyl (C=O) groups excluding carboxylic acids is 1. The Morgan fingerprint density at radius 2 is 2.36 bits per heavy atom. The van der Waals surface area contributed by atoms with Gasteiger partial charge in [0.05, 0.1) is 18.6 Å². The Balaban J connectivity index is 1.64. The summed E-state index contributed by atoms with van der Waals surface area (Å²) in [4.78, 5) is 27.7. The maximum Gasteiger partial charge on any atom is 0.305 e. The van der Waals surface area contributed by atoms with Crippen molar-refractivity contribution in [2.75, 3.05) is 13.2 Å². The van der Waals surface area contributed by atoms with Crippen LogP contribution < -0.4 is 5.32 Å². The predicted octanol–water partition coefficient (Wildman–Crippen LogP) is 1.33. The third-order valence-electron chi connectivity index (χ3n) is 4.44. The monoisotopic (exact) mass is 304 g/mol. The van der Waals surface area contributed by atoms with Crippen molar-refractivity contribution >= 4 is 11.9 Å². The van der Waals surface area contributed by atoms with E-state index in [4.69, 9.17) is 9.84 Å². The Kier molecular flexibility index (Phi) is 4.11. The molecule has 2 aliphatic rings. The molecule has 1 saturated heterocycles. The molecule has 1 aliphatic carbocycles. The molecule has 1 unspecified atom stereocenters. The number of carboxylic acid groups (broad SMARTS) is 1. The van der Waals surface area contributed by atoms with Gasteiger partial charge in [0, 0.05) is 24.9 Å². The number of rotatable bonds is 5. The second kappa shape index (κ2) is 6.04. The second-order valence-electron chi connectivity index (χ2n) is 6.23. The number of nitrogens with zero attached hydrogens (tertiary/aromatic N) is 1. The summed E-state index contributed by atoms with van der Waals surface area (Å²) in [5.41, 5.74) is 0.304. The SMILES string of the molecule is O=C(O)CC1(NC(=O)[C@@H]2C[C@H]2c2cccnc2)CCCOC1. The Labute approximate surface area is 128 Å². The summed E-state index contributed by atoms with van der Waals surface area (Å²) in [6, 6.07) is 3.84. The number of carboxylic acids is 1. The van der Waals surface area contributed by atoms with Crippen LogP contribution in [0.1, 0.15) is 37.2 Å². The van der Waals surface area contributed by atoms with Gasteiger partial charge in [-0.1, -0.05) is 6.07 Å². The summed E-state index contributed by atoms with van der Waals surface area (Å²) in [7, 11) is 0. The van der Waals surface area contributed by atoms with Gasteiger partial charge in [0.15, 0.2) is 0 Å². The van der Waals surface area contributed by atoms with Crippen molar-refractivity contribution in [2.45, 2.75) is 37.1 Å². The van der Waals surface area contributed by atoms with E-state index in [9.17, 15) is 9.59 Å². The van der Waals surface area contributed by atoms with Crippen molar-refractivity contribution in [2.24, 2.45) is 5.92 Å². The predicted molar refractivity (Wildman–Crippen MR) is 78.3 cm³/mol. The molecule has 6 nitrogen and oxygen atoms in total. The molecule has 3 rings (SSSR count). The van der Waals surface area contributed by atoms with Gasteiger partial charge in [-0.15, -0.1) is 0 Å². The van der Waals surface area contributed by atoms with E-state index >= 15 is 0 Å². The molecule has 118 valence electrons. The van der Waals surface area contributed by atoms with Gasteiger partial charge >= 0.3 is 5.97 Å². The number of ether oxygens (including phenoxy) is 1.